The van der Waals surface area contributed by atoms with Gasteiger partial charge in [-0.3, -0.25) is 24.0 Å². The third kappa shape index (κ3) is 6.80. The van der Waals surface area contributed by atoms with Crippen LogP contribution in [-0.4, -0.2) is 144 Å². The second-order valence-corrected chi connectivity index (χ2v) is 22.2. The number of nitrogens with zero attached hydrogens (tertiary/aromatic N) is 3. The summed E-state index contributed by atoms with van der Waals surface area (Å²) < 4.78 is 38.3. The van der Waals surface area contributed by atoms with E-state index in [2.05, 4.69) is 38.8 Å². The highest BCUT2D eigenvalue weighted by Gasteiger charge is 2.79. The number of hydrogen-bond acceptors (Lipinski definition) is 13. The van der Waals surface area contributed by atoms with E-state index in [0.29, 0.717) is 88.2 Å². The lowest BCUT2D eigenvalue weighted by Gasteiger charge is -2.63. The summed E-state index contributed by atoms with van der Waals surface area (Å²) in [5.74, 6) is -2.29. The maximum Gasteiger partial charge on any atom is 0.353 e. The largest absolute Gasteiger partial charge is 0.496 e. The van der Waals surface area contributed by atoms with Gasteiger partial charge in [0.2, 0.25) is 0 Å². The van der Waals surface area contributed by atoms with E-state index in [-0.39, 0.29) is 31.6 Å². The van der Waals surface area contributed by atoms with Crippen molar-refractivity contribution < 1.29 is 48.0 Å². The Morgan fingerprint density at radius 2 is 1.78 bits per heavy atom. The van der Waals surface area contributed by atoms with Crippen LogP contribution in [0.25, 0.3) is 10.9 Å². The molecular weight excluding hydrogens is 874 g/mol. The SMILES string of the molecule is C=CC[C@@H](NC(=O)[C@]1(O)[C@@H]2N(C)c3cc(OC)c([C@@]4(C(=O)OC)C[C@H]5CN(CCc6c4[nH]c4ccccc64)C[C@](O)(CC)C5)cc3C23CCN2CC=C[C@](CC)(C23)[C@H]1O)P(=O)(OCC)OCC. The minimum Gasteiger partial charge on any atom is -0.496 e. The van der Waals surface area contributed by atoms with Gasteiger partial charge in [0.25, 0.3) is 5.91 Å². The van der Waals surface area contributed by atoms with Crippen molar-refractivity contribution in [2.45, 2.75) is 119 Å². The molecule has 15 nitrogen and oxygen atoms in total. The van der Waals surface area contributed by atoms with Gasteiger partial charge in [-0.25, -0.2) is 0 Å². The number of amides is 1. The van der Waals surface area contributed by atoms with Crippen molar-refractivity contribution in [1.29, 1.82) is 0 Å². The molecule has 6 heterocycles. The molecule has 67 heavy (non-hydrogen) atoms. The molecule has 11 atom stereocenters. The third-order valence-corrected chi connectivity index (χ3v) is 19.2. The minimum absolute atomic E-state index is 0.0105. The minimum atomic E-state index is -4.00. The summed E-state index contributed by atoms with van der Waals surface area (Å²) in [7, 11) is 0.843. The average molecular weight is 944 g/mol. The molecule has 6 aliphatic rings. The van der Waals surface area contributed by atoms with Crippen molar-refractivity contribution in [3.63, 3.8) is 0 Å². The first-order chi connectivity index (χ1) is 32.1. The molecule has 1 aromatic heterocycles. The Bertz CT molecular complexity index is 2510. The molecule has 5 N–H and O–H groups in total. The third-order valence-electron chi connectivity index (χ3n) is 16.9. The molecule has 364 valence electrons. The first kappa shape index (κ1) is 48.0. The second kappa shape index (κ2) is 17.4. The van der Waals surface area contributed by atoms with Gasteiger partial charge in [-0.2, -0.15) is 0 Å². The Balaban J connectivity index is 1.31. The van der Waals surface area contributed by atoms with Gasteiger partial charge in [-0.1, -0.05) is 50.3 Å². The first-order valence-electron chi connectivity index (χ1n) is 24.3. The van der Waals surface area contributed by atoms with Crippen LogP contribution < -0.4 is 15.0 Å². The first-order valence-corrected chi connectivity index (χ1v) is 25.9. The fraction of sp³-hybridized carbons (Fsp3) is 0.608. The number of ether oxygens (including phenoxy) is 2. The quantitative estimate of drug-likeness (QED) is 0.0773. The Morgan fingerprint density at radius 1 is 1.03 bits per heavy atom. The van der Waals surface area contributed by atoms with Crippen LogP contribution in [0.2, 0.25) is 0 Å². The van der Waals surface area contributed by atoms with E-state index in [0.717, 1.165) is 27.7 Å². The molecule has 9 rings (SSSR count). The van der Waals surface area contributed by atoms with Crippen molar-refractivity contribution in [1.82, 2.24) is 20.1 Å². The molecule has 1 aliphatic carbocycles. The van der Waals surface area contributed by atoms with E-state index < -0.39 is 64.8 Å². The highest BCUT2D eigenvalue weighted by atomic mass is 31.2. The number of para-hydroxylation sites is 1. The van der Waals surface area contributed by atoms with Crippen molar-refractivity contribution in [2.75, 3.05) is 72.1 Å². The Morgan fingerprint density at radius 3 is 2.45 bits per heavy atom. The summed E-state index contributed by atoms with van der Waals surface area (Å²) in [4.78, 5) is 41.3. The number of aliphatic hydroxyl groups is 3. The molecule has 1 spiro atoms. The average Bonchev–Trinajstić information content (AvgIpc) is 3.98. The fourth-order valence-electron chi connectivity index (χ4n) is 14.3. The highest BCUT2D eigenvalue weighted by molar-refractivity contribution is 7.54. The summed E-state index contributed by atoms with van der Waals surface area (Å²) >= 11 is 0. The molecule has 16 heteroatoms. The van der Waals surface area contributed by atoms with E-state index in [1.807, 2.05) is 62.2 Å². The number of carbonyl (C=O) groups is 2. The number of H-pyrrole nitrogens is 1. The van der Waals surface area contributed by atoms with Crippen molar-refractivity contribution in [3.05, 3.63) is 83.6 Å². The van der Waals surface area contributed by atoms with Crippen LogP contribution in [0.3, 0.4) is 0 Å². The number of aromatic amines is 1. The molecule has 1 saturated carbocycles. The number of methoxy groups -OCH3 is 2. The summed E-state index contributed by atoms with van der Waals surface area (Å²) in [5.41, 5.74) is -2.38. The van der Waals surface area contributed by atoms with Gasteiger partial charge >= 0.3 is 13.6 Å². The van der Waals surface area contributed by atoms with Gasteiger partial charge in [0.15, 0.2) is 5.60 Å². The van der Waals surface area contributed by atoms with Crippen molar-refractivity contribution in [2.24, 2.45) is 11.3 Å². The van der Waals surface area contributed by atoms with Crippen molar-refractivity contribution >= 4 is 36.1 Å². The van der Waals surface area contributed by atoms with E-state index in [4.69, 9.17) is 18.5 Å². The number of benzene rings is 2. The molecule has 2 aromatic carbocycles. The monoisotopic (exact) mass is 943 g/mol. The lowest BCUT2D eigenvalue weighted by atomic mass is 9.47. The molecule has 3 unspecified atom stereocenters. The zero-order valence-corrected chi connectivity index (χ0v) is 41.1. The summed E-state index contributed by atoms with van der Waals surface area (Å²) in [6.45, 7) is 14.5. The van der Waals surface area contributed by atoms with E-state index in [1.165, 1.54) is 13.2 Å². The molecule has 2 saturated heterocycles. The van der Waals surface area contributed by atoms with E-state index in [9.17, 15) is 19.9 Å². The maximum atomic E-state index is 15.5. The zero-order valence-electron chi connectivity index (χ0n) is 40.2. The fourth-order valence-corrected chi connectivity index (χ4v) is 16.1. The number of piperidine rings is 1. The predicted octanol–water partition coefficient (Wildman–Crippen LogP) is 5.53. The van der Waals surface area contributed by atoms with Crippen LogP contribution in [0.15, 0.2) is 61.2 Å². The Labute approximate surface area is 394 Å². The Kier molecular flexibility index (Phi) is 12.5. The molecule has 2 bridgehead atoms. The van der Waals surface area contributed by atoms with Gasteiger partial charge in [0, 0.05) is 84.0 Å². The lowest BCUT2D eigenvalue weighted by molar-refractivity contribution is -0.203. The topological polar surface area (TPSA) is 186 Å². The van der Waals surface area contributed by atoms with Gasteiger partial charge in [0.1, 0.15) is 23.1 Å². The number of carbonyl (C=O) groups excluding carboxylic acids is 2. The molecule has 3 aromatic rings. The van der Waals surface area contributed by atoms with Crippen LogP contribution >= 0.6 is 7.60 Å². The number of esters is 1. The van der Waals surface area contributed by atoms with E-state index in [1.54, 1.807) is 21.0 Å². The summed E-state index contributed by atoms with van der Waals surface area (Å²) in [5, 5.41) is 42.7. The molecule has 1 amide bonds. The Hall–Kier alpha value is -4.05. The van der Waals surface area contributed by atoms with Gasteiger partial charge in [-0.05, 0) is 94.5 Å². The number of likely N-dealkylation sites (N-methyl/N-ethyl adjacent to an activating group) is 1. The normalized spacial score (nSPS) is 34.8. The lowest BCUT2D eigenvalue weighted by Crippen LogP contribution is -2.82. The maximum absolute atomic E-state index is 15.5. The number of nitrogens with one attached hydrogen (secondary N) is 2. The van der Waals surface area contributed by atoms with Gasteiger partial charge in [-0.15, -0.1) is 6.58 Å². The van der Waals surface area contributed by atoms with Gasteiger partial charge in [0.05, 0.1) is 39.1 Å². The van der Waals surface area contributed by atoms with Crippen LogP contribution in [0, 0.1) is 11.3 Å². The number of aromatic nitrogens is 1. The highest BCUT2D eigenvalue weighted by Crippen LogP contribution is 2.68. The number of hydrogen-bond donors (Lipinski definition) is 5. The number of aliphatic hydroxyl groups excluding tert-OH is 1. The van der Waals surface area contributed by atoms with Gasteiger partial charge < -0.3 is 49.0 Å². The summed E-state index contributed by atoms with van der Waals surface area (Å²) in [6.07, 6.45) is 6.77. The molecular formula is C51H70N5O10P. The predicted molar refractivity (Wildman–Crippen MR) is 256 cm³/mol. The van der Waals surface area contributed by atoms with Crippen LogP contribution in [0.4, 0.5) is 5.69 Å². The molecule has 5 aliphatic heterocycles. The van der Waals surface area contributed by atoms with Crippen LogP contribution in [0.5, 0.6) is 5.75 Å². The second-order valence-electron chi connectivity index (χ2n) is 20.0. The smallest absolute Gasteiger partial charge is 0.353 e. The number of anilines is 1. The summed E-state index contributed by atoms with van der Waals surface area (Å²) in [6, 6.07) is 10.7. The van der Waals surface area contributed by atoms with Crippen LogP contribution in [0.1, 0.15) is 88.6 Å². The molecule has 0 radical (unpaired) electrons. The van der Waals surface area contributed by atoms with Crippen LogP contribution in [-0.2, 0) is 45.2 Å². The molecule has 3 fully saturated rings. The zero-order chi connectivity index (χ0) is 47.9. The van der Waals surface area contributed by atoms with Crippen molar-refractivity contribution in [3.8, 4) is 5.75 Å². The standard InChI is InChI=1S/C51H70N5O10P/c1-9-17-40(67(62,65-12-4)66-13-5)53-45(58)51(61)43-49(22-25-56-23-16-21-48(11-3,42(49)56)44(51)57)35-26-36(39(63-7)27-38(35)54(43)6)50(46(59)64-8)29-32-28-47(60,10-2)31-55(30-32)24-20-34-33-18-14-15-19-37(33)52-41(34)50/h9,14-16,18-19,21,26-27,32,40,42-44,52,57,60-61H,1,10-13,17,20,22-25,28-31H2,2-8H3,(H,53,58)/t32-,40-,42?,43+,44+,47-,48+,49?,50-,51-/m0/s1. The van der Waals surface area contributed by atoms with E-state index >= 15 is 9.59 Å². The number of fused-ring (bicyclic) bond motifs is 6. The number of rotatable bonds is 14.